The lowest BCUT2D eigenvalue weighted by Crippen LogP contribution is -2.46. The fourth-order valence-electron chi connectivity index (χ4n) is 2.88. The first-order chi connectivity index (χ1) is 8.47. The Balaban J connectivity index is 2.33. The molecule has 3 N–H and O–H groups in total. The highest BCUT2D eigenvalue weighted by Crippen LogP contribution is 2.37. The van der Waals surface area contributed by atoms with Crippen molar-refractivity contribution >= 4 is 5.97 Å². The van der Waals surface area contributed by atoms with Crippen LogP contribution < -0.4 is 10.6 Å². The van der Waals surface area contributed by atoms with Gasteiger partial charge in [-0.15, -0.1) is 0 Å². The lowest BCUT2D eigenvalue weighted by Gasteiger charge is -2.37. The molecule has 0 aromatic heterocycles. The van der Waals surface area contributed by atoms with Crippen molar-refractivity contribution in [2.45, 2.75) is 52.0 Å². The molecule has 0 aliphatic heterocycles. The van der Waals surface area contributed by atoms with Gasteiger partial charge in [-0.25, -0.2) is 0 Å². The molecule has 106 valence electrons. The third kappa shape index (κ3) is 4.58. The minimum absolute atomic E-state index is 0.261. The number of carboxylic acids is 1. The van der Waals surface area contributed by atoms with Gasteiger partial charge in [-0.05, 0) is 31.2 Å². The molecule has 0 bridgehead atoms. The van der Waals surface area contributed by atoms with Crippen LogP contribution in [0.2, 0.25) is 0 Å². The highest BCUT2D eigenvalue weighted by Gasteiger charge is 2.30. The maximum atomic E-state index is 10.9. The SMILES string of the molecule is CNC(CNCC(C)(C)C1CCCCC1)C(=O)O. The maximum Gasteiger partial charge on any atom is 0.322 e. The van der Waals surface area contributed by atoms with E-state index < -0.39 is 12.0 Å². The van der Waals surface area contributed by atoms with Gasteiger partial charge in [0.15, 0.2) is 0 Å². The van der Waals surface area contributed by atoms with Gasteiger partial charge in [0.2, 0.25) is 0 Å². The van der Waals surface area contributed by atoms with Crippen molar-refractivity contribution < 1.29 is 9.90 Å². The molecule has 1 fully saturated rings. The summed E-state index contributed by atoms with van der Waals surface area (Å²) in [6, 6.07) is -0.493. The summed E-state index contributed by atoms with van der Waals surface area (Å²) < 4.78 is 0. The number of hydrogen-bond donors (Lipinski definition) is 3. The number of carboxylic acid groups (broad SMARTS) is 1. The highest BCUT2D eigenvalue weighted by molar-refractivity contribution is 5.73. The molecule has 0 heterocycles. The van der Waals surface area contributed by atoms with Crippen molar-refractivity contribution in [3.05, 3.63) is 0 Å². The summed E-state index contributed by atoms with van der Waals surface area (Å²) in [5, 5.41) is 15.1. The molecule has 18 heavy (non-hydrogen) atoms. The topological polar surface area (TPSA) is 61.4 Å². The maximum absolute atomic E-state index is 10.9. The third-order valence-corrected chi connectivity index (χ3v) is 4.29. The Labute approximate surface area is 111 Å². The van der Waals surface area contributed by atoms with E-state index in [2.05, 4.69) is 24.5 Å². The summed E-state index contributed by atoms with van der Waals surface area (Å²) in [5.41, 5.74) is 0.261. The molecule has 1 atom stereocenters. The number of rotatable bonds is 7. The molecule has 4 nitrogen and oxygen atoms in total. The second-order valence-corrected chi connectivity index (χ2v) is 6.13. The lowest BCUT2D eigenvalue weighted by molar-refractivity contribution is -0.139. The van der Waals surface area contributed by atoms with Crippen LogP contribution in [0.15, 0.2) is 0 Å². The molecule has 1 aliphatic carbocycles. The number of nitrogens with one attached hydrogen (secondary N) is 2. The standard InChI is InChI=1S/C14H28N2O2/c1-14(2,11-7-5-4-6-8-11)10-16-9-12(15-3)13(17)18/h11-12,15-16H,4-10H2,1-3H3,(H,17,18). The molecule has 1 aliphatic rings. The average Bonchev–Trinajstić information content (AvgIpc) is 2.35. The minimum atomic E-state index is -0.791. The summed E-state index contributed by atoms with van der Waals surface area (Å²) >= 11 is 0. The second kappa shape index (κ2) is 7.10. The summed E-state index contributed by atoms with van der Waals surface area (Å²) in [7, 11) is 1.69. The van der Waals surface area contributed by atoms with Crippen molar-refractivity contribution in [3.63, 3.8) is 0 Å². The lowest BCUT2D eigenvalue weighted by atomic mass is 9.71. The zero-order valence-corrected chi connectivity index (χ0v) is 12.0. The molecule has 0 radical (unpaired) electrons. The van der Waals surface area contributed by atoms with E-state index in [-0.39, 0.29) is 5.41 Å². The van der Waals surface area contributed by atoms with Crippen molar-refractivity contribution in [2.24, 2.45) is 11.3 Å². The first kappa shape index (κ1) is 15.4. The quantitative estimate of drug-likeness (QED) is 0.650. The summed E-state index contributed by atoms with van der Waals surface area (Å²) in [6.07, 6.45) is 6.72. The average molecular weight is 256 g/mol. The van der Waals surface area contributed by atoms with Gasteiger partial charge in [0.05, 0.1) is 0 Å². The van der Waals surface area contributed by atoms with Gasteiger partial charge in [-0.2, -0.15) is 0 Å². The number of aliphatic carboxylic acids is 1. The molecule has 1 saturated carbocycles. The predicted molar refractivity (Wildman–Crippen MR) is 73.7 cm³/mol. The summed E-state index contributed by atoms with van der Waals surface area (Å²) in [5.74, 6) is -0.0166. The fraction of sp³-hybridized carbons (Fsp3) is 0.929. The molecule has 0 aromatic carbocycles. The zero-order chi connectivity index (χ0) is 13.6. The van der Waals surface area contributed by atoms with Gasteiger partial charge >= 0.3 is 5.97 Å². The summed E-state index contributed by atoms with van der Waals surface area (Å²) in [6.45, 7) is 5.97. The van der Waals surface area contributed by atoms with Gasteiger partial charge in [0.25, 0.3) is 0 Å². The van der Waals surface area contributed by atoms with E-state index in [0.717, 1.165) is 12.5 Å². The van der Waals surface area contributed by atoms with Crippen molar-refractivity contribution in [1.82, 2.24) is 10.6 Å². The van der Waals surface area contributed by atoms with E-state index in [1.165, 1.54) is 32.1 Å². The van der Waals surface area contributed by atoms with Gasteiger partial charge in [0, 0.05) is 13.1 Å². The fourth-order valence-corrected chi connectivity index (χ4v) is 2.88. The molecule has 0 amide bonds. The number of carbonyl (C=O) groups is 1. The monoisotopic (exact) mass is 256 g/mol. The van der Waals surface area contributed by atoms with Crippen LogP contribution in [0.3, 0.4) is 0 Å². The Morgan fingerprint density at radius 3 is 2.44 bits per heavy atom. The Bertz CT molecular complexity index is 261. The van der Waals surface area contributed by atoms with Crippen molar-refractivity contribution in [2.75, 3.05) is 20.1 Å². The molecule has 1 unspecified atom stereocenters. The van der Waals surface area contributed by atoms with Crippen LogP contribution in [0.4, 0.5) is 0 Å². The van der Waals surface area contributed by atoms with Crippen LogP contribution >= 0.6 is 0 Å². The van der Waals surface area contributed by atoms with Crippen LogP contribution in [0.25, 0.3) is 0 Å². The van der Waals surface area contributed by atoms with Crippen LogP contribution in [0.1, 0.15) is 46.0 Å². The van der Waals surface area contributed by atoms with E-state index in [9.17, 15) is 4.79 Å². The molecular formula is C14H28N2O2. The van der Waals surface area contributed by atoms with Crippen molar-refractivity contribution in [3.8, 4) is 0 Å². The molecule has 1 rings (SSSR count). The second-order valence-electron chi connectivity index (χ2n) is 6.13. The number of hydrogen-bond acceptors (Lipinski definition) is 3. The van der Waals surface area contributed by atoms with E-state index in [1.54, 1.807) is 7.05 Å². The molecule has 0 saturated heterocycles. The molecule has 0 spiro atoms. The Kier molecular flexibility index (Phi) is 6.09. The Hall–Kier alpha value is -0.610. The van der Waals surface area contributed by atoms with Crippen LogP contribution in [0.5, 0.6) is 0 Å². The van der Waals surface area contributed by atoms with E-state index >= 15 is 0 Å². The summed E-state index contributed by atoms with van der Waals surface area (Å²) in [4.78, 5) is 10.9. The molecular weight excluding hydrogens is 228 g/mol. The van der Waals surface area contributed by atoms with Gasteiger partial charge < -0.3 is 15.7 Å². The number of likely N-dealkylation sites (N-methyl/N-ethyl adjacent to an activating group) is 1. The van der Waals surface area contributed by atoms with E-state index in [1.807, 2.05) is 0 Å². The Morgan fingerprint density at radius 1 is 1.33 bits per heavy atom. The molecule has 0 aromatic rings. The van der Waals surface area contributed by atoms with Crippen LogP contribution in [-0.4, -0.2) is 37.3 Å². The van der Waals surface area contributed by atoms with Crippen molar-refractivity contribution in [1.29, 1.82) is 0 Å². The first-order valence-electron chi connectivity index (χ1n) is 7.08. The first-order valence-corrected chi connectivity index (χ1v) is 7.08. The van der Waals surface area contributed by atoms with Gasteiger partial charge in [-0.3, -0.25) is 4.79 Å². The normalized spacial score (nSPS) is 19.7. The largest absolute Gasteiger partial charge is 0.480 e. The Morgan fingerprint density at radius 2 is 1.94 bits per heavy atom. The molecule has 4 heteroatoms. The minimum Gasteiger partial charge on any atom is -0.480 e. The predicted octanol–water partition coefficient (Wildman–Crippen LogP) is 1.86. The van der Waals surface area contributed by atoms with Gasteiger partial charge in [-0.1, -0.05) is 33.1 Å². The van der Waals surface area contributed by atoms with Crippen LogP contribution in [0, 0.1) is 11.3 Å². The third-order valence-electron chi connectivity index (χ3n) is 4.29. The van der Waals surface area contributed by atoms with E-state index in [0.29, 0.717) is 6.54 Å². The zero-order valence-electron chi connectivity index (χ0n) is 12.0. The smallest absolute Gasteiger partial charge is 0.322 e. The van der Waals surface area contributed by atoms with Gasteiger partial charge in [0.1, 0.15) is 6.04 Å². The van der Waals surface area contributed by atoms with Crippen LogP contribution in [-0.2, 0) is 4.79 Å². The van der Waals surface area contributed by atoms with E-state index in [4.69, 9.17) is 5.11 Å². The highest BCUT2D eigenvalue weighted by atomic mass is 16.4.